The van der Waals surface area contributed by atoms with E-state index in [-0.39, 0.29) is 17.3 Å². The lowest BCUT2D eigenvalue weighted by Crippen LogP contribution is -2.42. The molecule has 7 nitrogen and oxygen atoms in total. The van der Waals surface area contributed by atoms with E-state index < -0.39 is 23.2 Å². The van der Waals surface area contributed by atoms with Gasteiger partial charge >= 0.3 is 5.97 Å². The second-order valence-electron chi connectivity index (χ2n) is 8.29. The molecular formula is C27H25FN2O5S. The Hall–Kier alpha value is -3.85. The number of amides is 2. The van der Waals surface area contributed by atoms with Gasteiger partial charge in [-0.15, -0.1) is 0 Å². The Balaban J connectivity index is 1.53. The van der Waals surface area contributed by atoms with Crippen LogP contribution in [0.25, 0.3) is 11.8 Å². The van der Waals surface area contributed by atoms with Gasteiger partial charge in [0.25, 0.3) is 11.1 Å². The van der Waals surface area contributed by atoms with Gasteiger partial charge in [-0.3, -0.25) is 14.5 Å². The number of ether oxygens (including phenoxy) is 2. The SMILES string of the molecule is COC(=O)[C@@H](C)N1C(=O)S/C(=C/c2cc(C)n(-c3ccc(OCc4ccccc4F)cc3)c2C)C1=O. The third kappa shape index (κ3) is 4.92. The lowest BCUT2D eigenvalue weighted by molar-refractivity contribution is -0.148. The number of nitrogens with zero attached hydrogens (tertiary/aromatic N) is 2. The van der Waals surface area contributed by atoms with Crippen LogP contribution in [0.2, 0.25) is 0 Å². The normalized spacial score (nSPS) is 15.5. The van der Waals surface area contributed by atoms with Crippen molar-refractivity contribution in [2.24, 2.45) is 0 Å². The quantitative estimate of drug-likeness (QED) is 0.314. The zero-order chi connectivity index (χ0) is 26.0. The average Bonchev–Trinajstić information content (AvgIpc) is 3.31. The van der Waals surface area contributed by atoms with Gasteiger partial charge in [-0.25, -0.2) is 9.18 Å². The van der Waals surface area contributed by atoms with Gasteiger partial charge in [-0.05, 0) is 80.6 Å². The molecule has 1 saturated heterocycles. The van der Waals surface area contributed by atoms with Crippen LogP contribution in [-0.4, -0.2) is 39.7 Å². The number of esters is 1. The highest BCUT2D eigenvalue weighted by Gasteiger charge is 2.41. The Morgan fingerprint density at radius 2 is 1.81 bits per heavy atom. The predicted molar refractivity (Wildman–Crippen MR) is 135 cm³/mol. The van der Waals surface area contributed by atoms with Crippen LogP contribution in [-0.2, 0) is 20.9 Å². The maximum absolute atomic E-state index is 13.8. The van der Waals surface area contributed by atoms with Crippen LogP contribution in [0, 0.1) is 19.7 Å². The number of carbonyl (C=O) groups excluding carboxylic acids is 3. The second kappa shape index (κ2) is 10.4. The van der Waals surface area contributed by atoms with Gasteiger partial charge in [0.15, 0.2) is 0 Å². The van der Waals surface area contributed by atoms with Crippen LogP contribution in [0.1, 0.15) is 29.4 Å². The zero-order valence-electron chi connectivity index (χ0n) is 20.3. The minimum Gasteiger partial charge on any atom is -0.489 e. The van der Waals surface area contributed by atoms with E-state index in [4.69, 9.17) is 4.74 Å². The van der Waals surface area contributed by atoms with Crippen LogP contribution in [0.5, 0.6) is 5.75 Å². The van der Waals surface area contributed by atoms with Gasteiger partial charge in [0.2, 0.25) is 0 Å². The number of methoxy groups -OCH3 is 1. The summed E-state index contributed by atoms with van der Waals surface area (Å²) in [6.07, 6.45) is 1.67. The molecule has 0 radical (unpaired) electrons. The topological polar surface area (TPSA) is 77.8 Å². The number of imide groups is 1. The molecule has 0 bridgehead atoms. The fourth-order valence-corrected chi connectivity index (χ4v) is 4.93. The smallest absolute Gasteiger partial charge is 0.328 e. The molecule has 3 aromatic rings. The summed E-state index contributed by atoms with van der Waals surface area (Å²) < 4.78 is 26.2. The van der Waals surface area contributed by atoms with Gasteiger partial charge in [0, 0.05) is 22.6 Å². The fourth-order valence-electron chi connectivity index (χ4n) is 4.03. The summed E-state index contributed by atoms with van der Waals surface area (Å²) in [6, 6.07) is 14.8. The highest BCUT2D eigenvalue weighted by atomic mass is 32.2. The number of benzene rings is 2. The van der Waals surface area contributed by atoms with E-state index in [1.165, 1.54) is 20.1 Å². The predicted octanol–water partition coefficient (Wildman–Crippen LogP) is 5.41. The molecule has 0 unspecified atom stereocenters. The zero-order valence-corrected chi connectivity index (χ0v) is 21.1. The van der Waals surface area contributed by atoms with E-state index in [2.05, 4.69) is 4.74 Å². The number of aromatic nitrogens is 1. The molecule has 0 saturated carbocycles. The Morgan fingerprint density at radius 3 is 2.47 bits per heavy atom. The molecule has 1 aliphatic rings. The first-order chi connectivity index (χ1) is 17.2. The van der Waals surface area contributed by atoms with Gasteiger partial charge < -0.3 is 14.0 Å². The number of halogens is 1. The molecule has 2 amide bonds. The van der Waals surface area contributed by atoms with E-state index in [1.54, 1.807) is 24.3 Å². The summed E-state index contributed by atoms with van der Waals surface area (Å²) in [6.45, 7) is 5.45. The van der Waals surface area contributed by atoms with Crippen molar-refractivity contribution >= 4 is 35.0 Å². The number of hydrogen-bond donors (Lipinski definition) is 0. The van der Waals surface area contributed by atoms with Crippen molar-refractivity contribution in [3.63, 3.8) is 0 Å². The number of thioether (sulfide) groups is 1. The molecule has 1 aromatic heterocycles. The standard InChI is InChI=1S/C27H25FN2O5S/c1-16-13-20(14-24-25(31)30(27(33)36-24)18(3)26(32)34-4)17(2)29(16)21-9-11-22(12-10-21)35-15-19-7-5-6-8-23(19)28/h5-14,18H,15H2,1-4H3/b24-14+/t18-/m1/s1. The molecule has 36 heavy (non-hydrogen) atoms. The van der Waals surface area contributed by atoms with Crippen LogP contribution in [0.15, 0.2) is 59.5 Å². The lowest BCUT2D eigenvalue weighted by atomic mass is 10.2. The first-order valence-corrected chi connectivity index (χ1v) is 12.0. The molecule has 1 fully saturated rings. The first-order valence-electron chi connectivity index (χ1n) is 11.2. The van der Waals surface area contributed by atoms with Crippen LogP contribution in [0.4, 0.5) is 9.18 Å². The number of hydrogen-bond acceptors (Lipinski definition) is 6. The monoisotopic (exact) mass is 508 g/mol. The maximum atomic E-state index is 13.8. The molecule has 2 aromatic carbocycles. The molecule has 0 spiro atoms. The van der Waals surface area contributed by atoms with Crippen molar-refractivity contribution in [3.05, 3.63) is 87.8 Å². The van der Waals surface area contributed by atoms with Crippen LogP contribution in [0.3, 0.4) is 0 Å². The maximum Gasteiger partial charge on any atom is 0.328 e. The number of carbonyl (C=O) groups is 3. The highest BCUT2D eigenvalue weighted by Crippen LogP contribution is 2.35. The van der Waals surface area contributed by atoms with Crippen LogP contribution < -0.4 is 4.74 Å². The average molecular weight is 509 g/mol. The molecule has 0 aliphatic carbocycles. The molecule has 9 heteroatoms. The van der Waals surface area contributed by atoms with E-state index in [1.807, 2.05) is 48.7 Å². The number of aryl methyl sites for hydroxylation is 1. The van der Waals surface area contributed by atoms with E-state index >= 15 is 0 Å². The van der Waals surface area contributed by atoms with Crippen molar-refractivity contribution in [2.45, 2.75) is 33.4 Å². The largest absolute Gasteiger partial charge is 0.489 e. The van der Waals surface area contributed by atoms with Crippen molar-refractivity contribution in [2.75, 3.05) is 7.11 Å². The van der Waals surface area contributed by atoms with Crippen molar-refractivity contribution in [3.8, 4) is 11.4 Å². The van der Waals surface area contributed by atoms with E-state index in [0.29, 0.717) is 11.3 Å². The number of rotatable bonds is 7. The Bertz CT molecular complexity index is 1360. The van der Waals surface area contributed by atoms with Crippen LogP contribution >= 0.6 is 11.8 Å². The summed E-state index contributed by atoms with van der Waals surface area (Å²) in [5.41, 5.74) is 3.95. The van der Waals surface area contributed by atoms with Crippen molar-refractivity contribution in [1.82, 2.24) is 9.47 Å². The first kappa shape index (κ1) is 25.2. The van der Waals surface area contributed by atoms with Gasteiger partial charge in [-0.2, -0.15) is 0 Å². The summed E-state index contributed by atoms with van der Waals surface area (Å²) >= 11 is 0.797. The molecule has 0 N–H and O–H groups in total. The second-order valence-corrected chi connectivity index (χ2v) is 9.28. The van der Waals surface area contributed by atoms with Crippen molar-refractivity contribution < 1.29 is 28.2 Å². The Labute approximate surface area is 212 Å². The van der Waals surface area contributed by atoms with Gasteiger partial charge in [-0.1, -0.05) is 18.2 Å². The van der Waals surface area contributed by atoms with E-state index in [0.717, 1.165) is 39.3 Å². The third-order valence-corrected chi connectivity index (χ3v) is 6.84. The lowest BCUT2D eigenvalue weighted by Gasteiger charge is -2.18. The molecular weight excluding hydrogens is 483 g/mol. The van der Waals surface area contributed by atoms with Crippen molar-refractivity contribution in [1.29, 1.82) is 0 Å². The molecule has 4 rings (SSSR count). The third-order valence-electron chi connectivity index (χ3n) is 5.96. The minimum atomic E-state index is -1.00. The van der Waals surface area contributed by atoms with E-state index in [9.17, 15) is 18.8 Å². The summed E-state index contributed by atoms with van der Waals surface area (Å²) in [5, 5.41) is -0.510. The summed E-state index contributed by atoms with van der Waals surface area (Å²) in [4.78, 5) is 38.2. The molecule has 186 valence electrons. The fraction of sp³-hybridized carbons (Fsp3) is 0.222. The highest BCUT2D eigenvalue weighted by molar-refractivity contribution is 8.18. The van der Waals surface area contributed by atoms with Gasteiger partial charge in [0.05, 0.1) is 12.0 Å². The summed E-state index contributed by atoms with van der Waals surface area (Å²) in [7, 11) is 1.21. The Kier molecular flexibility index (Phi) is 7.30. The molecule has 1 aliphatic heterocycles. The van der Waals surface area contributed by atoms with Gasteiger partial charge in [0.1, 0.15) is 24.2 Å². The minimum absolute atomic E-state index is 0.126. The summed E-state index contributed by atoms with van der Waals surface area (Å²) in [5.74, 6) is -0.877. The Morgan fingerprint density at radius 1 is 1.11 bits per heavy atom. The molecule has 1 atom stereocenters. The molecule has 2 heterocycles.